The molecule has 31 heavy (non-hydrogen) atoms. The zero-order chi connectivity index (χ0) is 20.9. The van der Waals surface area contributed by atoms with Crippen LogP contribution in [0, 0.1) is 0 Å². The first kappa shape index (κ1) is 17.7. The van der Waals surface area contributed by atoms with E-state index in [0.29, 0.717) is 5.56 Å². The van der Waals surface area contributed by atoms with Crippen LogP contribution in [0.2, 0.25) is 0 Å². The van der Waals surface area contributed by atoms with Gasteiger partial charge < -0.3 is 5.11 Å². The quantitative estimate of drug-likeness (QED) is 0.240. The summed E-state index contributed by atoms with van der Waals surface area (Å²) in [5, 5.41) is 18.6. The molecule has 0 unspecified atom stereocenters. The fourth-order valence-electron chi connectivity index (χ4n) is 4.77. The topological polar surface area (TPSA) is 37.3 Å². The lowest BCUT2D eigenvalue weighted by atomic mass is 9.89. The number of fused-ring (bicyclic) bond motifs is 5. The minimum Gasteiger partial charge on any atom is -0.478 e. The Kier molecular flexibility index (Phi) is 3.81. The highest BCUT2D eigenvalue weighted by atomic mass is 16.4. The molecule has 0 bridgehead atoms. The molecule has 0 radical (unpaired) electrons. The number of carbonyl (C=O) groups is 1. The first-order valence-electron chi connectivity index (χ1n) is 10.3. The molecule has 0 saturated heterocycles. The van der Waals surface area contributed by atoms with E-state index in [1.807, 2.05) is 30.3 Å². The Balaban J connectivity index is 1.80. The fraction of sp³-hybridized carbons (Fsp3) is 0. The van der Waals surface area contributed by atoms with Crippen molar-refractivity contribution in [3.63, 3.8) is 0 Å². The van der Waals surface area contributed by atoms with Gasteiger partial charge in [-0.05, 0) is 67.0 Å². The van der Waals surface area contributed by atoms with E-state index in [-0.39, 0.29) is 0 Å². The van der Waals surface area contributed by atoms with Crippen LogP contribution in [0.4, 0.5) is 0 Å². The molecule has 0 aliphatic heterocycles. The second-order valence-electron chi connectivity index (χ2n) is 7.90. The highest BCUT2D eigenvalue weighted by Crippen LogP contribution is 2.39. The molecule has 6 rings (SSSR count). The third-order valence-electron chi connectivity index (χ3n) is 6.15. The summed E-state index contributed by atoms with van der Waals surface area (Å²) in [7, 11) is 0. The molecule has 0 amide bonds. The Morgan fingerprint density at radius 2 is 1.06 bits per heavy atom. The molecule has 6 aromatic carbocycles. The van der Waals surface area contributed by atoms with E-state index < -0.39 is 5.97 Å². The van der Waals surface area contributed by atoms with Crippen molar-refractivity contribution in [1.29, 1.82) is 0 Å². The molecule has 0 heterocycles. The summed E-state index contributed by atoms with van der Waals surface area (Å²) in [6, 6.07) is 34.9. The van der Waals surface area contributed by atoms with Gasteiger partial charge in [-0.3, -0.25) is 0 Å². The van der Waals surface area contributed by atoms with E-state index in [0.717, 1.165) is 32.7 Å². The number of carboxylic acid groups (broad SMARTS) is 1. The first-order chi connectivity index (χ1) is 15.2. The van der Waals surface area contributed by atoms with Crippen LogP contribution in [0.15, 0.2) is 103 Å². The lowest BCUT2D eigenvalue weighted by Crippen LogP contribution is -1.98. The maximum absolute atomic E-state index is 12.0. The van der Waals surface area contributed by atoms with Gasteiger partial charge in [-0.1, -0.05) is 84.9 Å². The molecule has 2 nitrogen and oxygen atoms in total. The molecule has 1 N–H and O–H groups in total. The van der Waals surface area contributed by atoms with E-state index in [4.69, 9.17) is 0 Å². The number of benzene rings is 6. The van der Waals surface area contributed by atoms with Crippen molar-refractivity contribution in [3.8, 4) is 11.1 Å². The average molecular weight is 398 g/mol. The van der Waals surface area contributed by atoms with Crippen LogP contribution < -0.4 is 0 Å². The Morgan fingerprint density at radius 1 is 0.516 bits per heavy atom. The van der Waals surface area contributed by atoms with Gasteiger partial charge in [-0.15, -0.1) is 0 Å². The number of rotatable bonds is 2. The molecule has 0 spiro atoms. The summed E-state index contributed by atoms with van der Waals surface area (Å²) in [5.74, 6) is -0.908. The van der Waals surface area contributed by atoms with Gasteiger partial charge in [0, 0.05) is 5.39 Å². The number of hydrogen-bond acceptors (Lipinski definition) is 1. The van der Waals surface area contributed by atoms with Gasteiger partial charge in [0.25, 0.3) is 0 Å². The van der Waals surface area contributed by atoms with Crippen LogP contribution in [-0.4, -0.2) is 11.1 Å². The van der Waals surface area contributed by atoms with Crippen LogP contribution in [0.1, 0.15) is 10.4 Å². The van der Waals surface area contributed by atoms with Crippen molar-refractivity contribution in [2.45, 2.75) is 0 Å². The molecule has 0 aromatic heterocycles. The molecule has 6 aromatic rings. The Morgan fingerprint density at radius 3 is 1.77 bits per heavy atom. The summed E-state index contributed by atoms with van der Waals surface area (Å²) >= 11 is 0. The van der Waals surface area contributed by atoms with Crippen molar-refractivity contribution < 1.29 is 9.90 Å². The third-order valence-corrected chi connectivity index (χ3v) is 6.15. The molecule has 0 fully saturated rings. The first-order valence-corrected chi connectivity index (χ1v) is 10.3. The molecule has 0 aliphatic carbocycles. The minimum absolute atomic E-state index is 0.329. The summed E-state index contributed by atoms with van der Waals surface area (Å²) < 4.78 is 0. The Hall–Kier alpha value is -4.17. The highest BCUT2D eigenvalue weighted by Gasteiger charge is 2.16. The molecule has 0 aliphatic rings. The molecule has 0 atom stereocenters. The molecule has 2 heteroatoms. The maximum Gasteiger partial charge on any atom is 0.336 e. The number of carboxylic acids is 1. The van der Waals surface area contributed by atoms with Crippen molar-refractivity contribution in [2.75, 3.05) is 0 Å². The van der Waals surface area contributed by atoms with E-state index in [1.165, 1.54) is 21.5 Å². The smallest absolute Gasteiger partial charge is 0.336 e. The predicted molar refractivity (Wildman–Crippen MR) is 129 cm³/mol. The Bertz CT molecular complexity index is 1660. The molecule has 0 saturated carbocycles. The molecular formula is C29H18O2. The summed E-state index contributed by atoms with van der Waals surface area (Å²) in [6.07, 6.45) is 0. The summed E-state index contributed by atoms with van der Waals surface area (Å²) in [6.45, 7) is 0. The summed E-state index contributed by atoms with van der Waals surface area (Å²) in [5.41, 5.74) is 2.33. The van der Waals surface area contributed by atoms with Crippen LogP contribution in [0.25, 0.3) is 54.2 Å². The van der Waals surface area contributed by atoms with Crippen molar-refractivity contribution >= 4 is 49.1 Å². The Labute approximate surface area is 179 Å². The normalized spacial score (nSPS) is 11.5. The fourth-order valence-corrected chi connectivity index (χ4v) is 4.77. The van der Waals surface area contributed by atoms with Crippen LogP contribution in [0.5, 0.6) is 0 Å². The summed E-state index contributed by atoms with van der Waals surface area (Å²) in [4.78, 5) is 12.0. The van der Waals surface area contributed by atoms with Crippen LogP contribution in [-0.2, 0) is 0 Å². The lowest BCUT2D eigenvalue weighted by molar-refractivity contribution is 0.0699. The zero-order valence-corrected chi connectivity index (χ0v) is 16.7. The number of hydrogen-bond donors (Lipinski definition) is 1. The van der Waals surface area contributed by atoms with Gasteiger partial charge in [-0.2, -0.15) is 0 Å². The van der Waals surface area contributed by atoms with Gasteiger partial charge in [0.1, 0.15) is 0 Å². The predicted octanol–water partition coefficient (Wildman–Crippen LogP) is 7.66. The van der Waals surface area contributed by atoms with Crippen molar-refractivity contribution in [2.24, 2.45) is 0 Å². The van der Waals surface area contributed by atoms with Gasteiger partial charge >= 0.3 is 5.97 Å². The second-order valence-corrected chi connectivity index (χ2v) is 7.90. The van der Waals surface area contributed by atoms with Crippen LogP contribution >= 0.6 is 0 Å². The lowest BCUT2D eigenvalue weighted by Gasteiger charge is -2.14. The van der Waals surface area contributed by atoms with Gasteiger partial charge in [0.2, 0.25) is 0 Å². The van der Waals surface area contributed by atoms with Crippen molar-refractivity contribution in [1.82, 2.24) is 0 Å². The highest BCUT2D eigenvalue weighted by molar-refractivity contribution is 6.20. The maximum atomic E-state index is 12.0. The van der Waals surface area contributed by atoms with Crippen LogP contribution in [0.3, 0.4) is 0 Å². The molecular weight excluding hydrogens is 380 g/mol. The molecule has 146 valence electrons. The van der Waals surface area contributed by atoms with Gasteiger partial charge in [0.15, 0.2) is 0 Å². The van der Waals surface area contributed by atoms with E-state index in [1.54, 1.807) is 12.1 Å². The van der Waals surface area contributed by atoms with E-state index >= 15 is 0 Å². The van der Waals surface area contributed by atoms with E-state index in [9.17, 15) is 9.90 Å². The standard InChI is InChI=1S/C29H18O2/c30-29(31)25-13-5-9-18-8-3-11-23(27(18)25)24-12-4-10-19-14-15-22-16-20-6-1-2-7-21(20)17-26(22)28(19)24/h1-17H,(H,30,31). The number of aromatic carboxylic acids is 1. The monoisotopic (exact) mass is 398 g/mol. The SMILES string of the molecule is O=C(O)c1cccc2cccc(-c3cccc4ccc5cc6ccccc6cc5c34)c12. The second kappa shape index (κ2) is 6.68. The minimum atomic E-state index is -0.908. The average Bonchev–Trinajstić information content (AvgIpc) is 2.81. The van der Waals surface area contributed by atoms with Crippen molar-refractivity contribution in [3.05, 3.63) is 109 Å². The third kappa shape index (κ3) is 2.69. The zero-order valence-electron chi connectivity index (χ0n) is 16.7. The van der Waals surface area contributed by atoms with Gasteiger partial charge in [0.05, 0.1) is 5.56 Å². The van der Waals surface area contributed by atoms with Gasteiger partial charge in [-0.25, -0.2) is 4.79 Å². The largest absolute Gasteiger partial charge is 0.478 e. The van der Waals surface area contributed by atoms with E-state index in [2.05, 4.69) is 60.7 Å².